The predicted molar refractivity (Wildman–Crippen MR) is 64.5 cm³/mol. The van der Waals surface area contributed by atoms with E-state index in [1.54, 1.807) is 0 Å². The van der Waals surface area contributed by atoms with E-state index in [-0.39, 0.29) is 5.91 Å². The molecule has 1 aromatic rings. The molecule has 2 rings (SSSR count). The van der Waals surface area contributed by atoms with Crippen molar-refractivity contribution in [3.05, 3.63) is 24.0 Å². The van der Waals surface area contributed by atoms with Gasteiger partial charge in [-0.25, -0.2) is 0 Å². The van der Waals surface area contributed by atoms with Crippen molar-refractivity contribution in [1.82, 2.24) is 15.2 Å². The van der Waals surface area contributed by atoms with E-state index in [2.05, 4.69) is 10.3 Å². The monoisotopic (exact) mass is 237 g/mol. The highest BCUT2D eigenvalue weighted by molar-refractivity contribution is 5.76. The van der Waals surface area contributed by atoms with Gasteiger partial charge in [0.15, 0.2) is 0 Å². The highest BCUT2D eigenvalue weighted by Gasteiger charge is 2.15. The molecule has 0 bridgehead atoms. The molecule has 0 saturated carbocycles. The molecule has 2 heterocycles. The van der Waals surface area contributed by atoms with Crippen LogP contribution in [-0.2, 0) is 16.1 Å². The molecule has 5 nitrogen and oxygen atoms in total. The summed E-state index contributed by atoms with van der Waals surface area (Å²) in [4.78, 5) is 16.8. The van der Waals surface area contributed by atoms with Crippen LogP contribution in [0.15, 0.2) is 18.3 Å². The molecule has 0 aromatic carbocycles. The Morgan fingerprint density at radius 2 is 2.29 bits per heavy atom. The van der Waals surface area contributed by atoms with Gasteiger partial charge in [0.25, 0.3) is 0 Å². The van der Waals surface area contributed by atoms with Gasteiger partial charge in [-0.05, 0) is 12.1 Å². The van der Waals surface area contributed by atoms with Crippen LogP contribution in [0.4, 0.5) is 0 Å². The number of carbonyl (C=O) groups excluding carboxylic acids is 1. The van der Waals surface area contributed by atoms with E-state index >= 15 is 0 Å². The van der Waals surface area contributed by atoms with Gasteiger partial charge in [0.1, 0.15) is 0 Å². The number of carbonyl (C=O) groups is 1. The Bertz CT molecular complexity index is 332. The topological polar surface area (TPSA) is 57.4 Å². The molecule has 0 radical (unpaired) electrons. The van der Waals surface area contributed by atoms with E-state index in [0.717, 1.165) is 31.9 Å². The number of rotatable bonds is 5. The molecule has 1 saturated heterocycles. The van der Waals surface area contributed by atoms with Crippen molar-refractivity contribution in [1.29, 1.82) is 0 Å². The summed E-state index contributed by atoms with van der Waals surface area (Å²) in [5.41, 5.74) is 1.14. The van der Waals surface area contributed by atoms with E-state index in [1.165, 1.54) is 0 Å². The van der Waals surface area contributed by atoms with E-state index in [1.807, 2.05) is 23.2 Å². The summed E-state index contributed by atoms with van der Waals surface area (Å²) in [5.74, 6) is 0.215. The van der Waals surface area contributed by atoms with Crippen LogP contribution >= 0.6 is 0 Å². The lowest BCUT2D eigenvalue weighted by Gasteiger charge is -2.26. The maximum atomic E-state index is 11.8. The van der Waals surface area contributed by atoms with E-state index in [4.69, 9.17) is 4.74 Å². The normalized spacial score (nSPS) is 16.1. The first kappa shape index (κ1) is 12.1. The molecule has 5 heteroatoms. The number of ether oxygens (including phenoxy) is 1. The summed E-state index contributed by atoms with van der Waals surface area (Å²) in [7, 11) is 0. The van der Waals surface area contributed by atoms with Gasteiger partial charge >= 0.3 is 0 Å². The molecular weight excluding hydrogens is 218 g/mol. The molecular formula is C12H19N3O2. The Kier molecular flexibility index (Phi) is 4.58. The maximum Gasteiger partial charge on any atom is 0.224 e. The second kappa shape index (κ2) is 6.42. The van der Waals surface area contributed by atoms with E-state index < -0.39 is 0 Å². The zero-order chi connectivity index (χ0) is 11.9. The molecule has 1 aliphatic rings. The van der Waals surface area contributed by atoms with Gasteiger partial charge in [-0.3, -0.25) is 4.79 Å². The number of hydrogen-bond acceptors (Lipinski definition) is 3. The number of aromatic amines is 1. The van der Waals surface area contributed by atoms with Crippen LogP contribution in [0.1, 0.15) is 12.1 Å². The zero-order valence-electron chi connectivity index (χ0n) is 9.95. The molecule has 0 spiro atoms. The second-order valence-corrected chi connectivity index (χ2v) is 4.12. The van der Waals surface area contributed by atoms with Gasteiger partial charge in [-0.2, -0.15) is 0 Å². The van der Waals surface area contributed by atoms with E-state index in [0.29, 0.717) is 19.6 Å². The van der Waals surface area contributed by atoms with Gasteiger partial charge in [0.05, 0.1) is 13.2 Å². The Hall–Kier alpha value is -1.33. The van der Waals surface area contributed by atoms with Crippen LogP contribution in [0, 0.1) is 0 Å². The van der Waals surface area contributed by atoms with Gasteiger partial charge in [0.2, 0.25) is 5.91 Å². The summed E-state index contributed by atoms with van der Waals surface area (Å²) in [5, 5.41) is 3.25. The highest BCUT2D eigenvalue weighted by atomic mass is 16.5. The number of morpholine rings is 1. The minimum Gasteiger partial charge on any atom is -0.378 e. The van der Waals surface area contributed by atoms with E-state index in [9.17, 15) is 4.79 Å². The van der Waals surface area contributed by atoms with Crippen LogP contribution in [0.3, 0.4) is 0 Å². The summed E-state index contributed by atoms with van der Waals surface area (Å²) in [6.07, 6.45) is 2.45. The average Bonchev–Trinajstić information content (AvgIpc) is 2.88. The number of nitrogens with one attached hydrogen (secondary N) is 2. The summed E-state index contributed by atoms with van der Waals surface area (Å²) in [6, 6.07) is 3.99. The second-order valence-electron chi connectivity index (χ2n) is 4.12. The predicted octanol–water partition coefficient (Wildman–Crippen LogP) is 0.353. The molecule has 0 aliphatic carbocycles. The highest BCUT2D eigenvalue weighted by Crippen LogP contribution is 2.00. The van der Waals surface area contributed by atoms with Crippen molar-refractivity contribution in [2.24, 2.45) is 0 Å². The third kappa shape index (κ3) is 3.87. The number of nitrogens with zero attached hydrogens (tertiary/aromatic N) is 1. The SMILES string of the molecule is O=C(CCNCc1ccc[nH]1)N1CCOCC1. The first-order chi connectivity index (χ1) is 8.36. The average molecular weight is 237 g/mol. The molecule has 1 aliphatic heterocycles. The molecule has 94 valence electrons. The lowest BCUT2D eigenvalue weighted by molar-refractivity contribution is -0.135. The number of H-pyrrole nitrogens is 1. The lowest BCUT2D eigenvalue weighted by Crippen LogP contribution is -2.41. The summed E-state index contributed by atoms with van der Waals surface area (Å²) < 4.78 is 5.21. The number of amides is 1. The van der Waals surface area contributed by atoms with Crippen LogP contribution < -0.4 is 5.32 Å². The fourth-order valence-corrected chi connectivity index (χ4v) is 1.87. The van der Waals surface area contributed by atoms with Crippen molar-refractivity contribution in [3.8, 4) is 0 Å². The fourth-order valence-electron chi connectivity index (χ4n) is 1.87. The standard InChI is InChI=1S/C12H19N3O2/c16-12(15-6-8-17-9-7-15)3-5-13-10-11-2-1-4-14-11/h1-2,4,13-14H,3,5-10H2. The number of aromatic nitrogens is 1. The van der Waals surface area contributed by atoms with Crippen molar-refractivity contribution in [2.75, 3.05) is 32.8 Å². The smallest absolute Gasteiger partial charge is 0.224 e. The summed E-state index contributed by atoms with van der Waals surface area (Å²) >= 11 is 0. The zero-order valence-corrected chi connectivity index (χ0v) is 9.95. The quantitative estimate of drug-likeness (QED) is 0.727. The summed E-state index contributed by atoms with van der Waals surface area (Å²) in [6.45, 7) is 4.30. The van der Waals surface area contributed by atoms with Gasteiger partial charge in [0, 0.05) is 44.5 Å². The van der Waals surface area contributed by atoms with Crippen LogP contribution in [0.25, 0.3) is 0 Å². The van der Waals surface area contributed by atoms with Gasteiger partial charge < -0.3 is 19.9 Å². The Morgan fingerprint density at radius 3 is 3.00 bits per heavy atom. The molecule has 2 N–H and O–H groups in total. The largest absolute Gasteiger partial charge is 0.378 e. The van der Waals surface area contributed by atoms with Crippen LogP contribution in [0.2, 0.25) is 0 Å². The first-order valence-electron chi connectivity index (χ1n) is 6.05. The van der Waals surface area contributed by atoms with Crippen molar-refractivity contribution < 1.29 is 9.53 Å². The van der Waals surface area contributed by atoms with Crippen molar-refractivity contribution in [2.45, 2.75) is 13.0 Å². The molecule has 0 unspecified atom stereocenters. The van der Waals surface area contributed by atoms with Gasteiger partial charge in [-0.1, -0.05) is 0 Å². The third-order valence-corrected chi connectivity index (χ3v) is 2.86. The molecule has 0 atom stereocenters. The Labute approximate surface area is 101 Å². The lowest BCUT2D eigenvalue weighted by atomic mass is 10.3. The van der Waals surface area contributed by atoms with Crippen LogP contribution in [0.5, 0.6) is 0 Å². The molecule has 1 fully saturated rings. The van der Waals surface area contributed by atoms with Gasteiger partial charge in [-0.15, -0.1) is 0 Å². The minimum atomic E-state index is 0.215. The van der Waals surface area contributed by atoms with Crippen molar-refractivity contribution in [3.63, 3.8) is 0 Å². The molecule has 1 aromatic heterocycles. The number of hydrogen-bond donors (Lipinski definition) is 2. The third-order valence-electron chi connectivity index (χ3n) is 2.86. The van der Waals surface area contributed by atoms with Crippen molar-refractivity contribution >= 4 is 5.91 Å². The molecule has 1 amide bonds. The Balaban J connectivity index is 1.59. The minimum absolute atomic E-state index is 0.215. The Morgan fingerprint density at radius 1 is 1.47 bits per heavy atom. The van der Waals surface area contributed by atoms with Crippen LogP contribution in [-0.4, -0.2) is 48.6 Å². The fraction of sp³-hybridized carbons (Fsp3) is 0.583. The molecule has 17 heavy (non-hydrogen) atoms. The maximum absolute atomic E-state index is 11.8. The first-order valence-corrected chi connectivity index (χ1v) is 6.05.